The van der Waals surface area contributed by atoms with Crippen LogP contribution in [-0.4, -0.2) is 92.1 Å². The number of hydrogen-bond donors (Lipinski definition) is 4. The molecule has 1 unspecified atom stereocenters. The van der Waals surface area contributed by atoms with Crippen LogP contribution in [0.4, 0.5) is 9.59 Å². The third-order valence-corrected chi connectivity index (χ3v) is 13.1. The number of methoxy groups -OCH3 is 2. The molecule has 5 heterocycles. The number of carbonyl (C=O) groups excluding carboxylic acids is 4. The first kappa shape index (κ1) is 41.6. The lowest BCUT2D eigenvalue weighted by atomic mass is 9.92. The van der Waals surface area contributed by atoms with Crippen LogP contribution in [0.25, 0.3) is 44.2 Å². The molecule has 8 rings (SSSR count). The van der Waals surface area contributed by atoms with Crippen LogP contribution in [0.2, 0.25) is 0 Å². The van der Waals surface area contributed by atoms with E-state index in [-0.39, 0.29) is 47.8 Å². The smallest absolute Gasteiger partial charge is 0.407 e. The Hall–Kier alpha value is -6.12. The molecule has 2 aromatic heterocycles. The van der Waals surface area contributed by atoms with E-state index in [0.29, 0.717) is 18.3 Å². The Balaban J connectivity index is 1.04. The van der Waals surface area contributed by atoms with Gasteiger partial charge in [0, 0.05) is 23.0 Å². The number of alkyl carbamates (subject to hydrolysis) is 2. The van der Waals surface area contributed by atoms with E-state index in [0.717, 1.165) is 87.6 Å². The number of hydrogen-bond acceptors (Lipinski definition) is 9. The fourth-order valence-electron chi connectivity index (χ4n) is 9.42. The number of fused-ring (bicyclic) bond motifs is 6. The molecule has 15 heteroatoms. The Bertz CT molecular complexity index is 2490. The van der Waals surface area contributed by atoms with Gasteiger partial charge in [-0.1, -0.05) is 52.3 Å². The van der Waals surface area contributed by atoms with Crippen LogP contribution >= 0.6 is 0 Å². The van der Waals surface area contributed by atoms with Crippen LogP contribution < -0.4 is 15.4 Å². The molecule has 0 aliphatic carbocycles. The number of nitrogens with one attached hydrogen (secondary N) is 4. The molecule has 2 saturated heterocycles. The first-order valence-electron chi connectivity index (χ1n) is 21.4. The number of aromatic amines is 2. The molecule has 0 saturated carbocycles. The van der Waals surface area contributed by atoms with Crippen molar-refractivity contribution in [3.63, 3.8) is 0 Å². The van der Waals surface area contributed by atoms with Gasteiger partial charge in [0.2, 0.25) is 11.8 Å². The number of ether oxygens (including phenoxy) is 3. The lowest BCUT2D eigenvalue weighted by Gasteiger charge is -2.33. The van der Waals surface area contributed by atoms with Gasteiger partial charge in [0.25, 0.3) is 0 Å². The highest BCUT2D eigenvalue weighted by molar-refractivity contribution is 6.07. The number of imidazole rings is 2. The monoisotopic (exact) mass is 832 g/mol. The zero-order valence-corrected chi connectivity index (χ0v) is 36.1. The van der Waals surface area contributed by atoms with E-state index in [4.69, 9.17) is 24.2 Å². The van der Waals surface area contributed by atoms with Crippen LogP contribution in [0.3, 0.4) is 0 Å². The van der Waals surface area contributed by atoms with E-state index in [9.17, 15) is 19.2 Å². The molecule has 3 aromatic carbocycles. The van der Waals surface area contributed by atoms with Crippen LogP contribution in [0.15, 0.2) is 48.7 Å². The van der Waals surface area contributed by atoms with E-state index in [1.807, 2.05) is 63.6 Å². The van der Waals surface area contributed by atoms with Gasteiger partial charge in [0.15, 0.2) is 0 Å². The van der Waals surface area contributed by atoms with E-state index in [1.54, 1.807) is 0 Å². The fraction of sp³-hybridized carbons (Fsp3) is 0.478. The highest BCUT2D eigenvalue weighted by Crippen LogP contribution is 2.44. The van der Waals surface area contributed by atoms with Crippen molar-refractivity contribution in [2.75, 3.05) is 14.2 Å². The molecule has 61 heavy (non-hydrogen) atoms. The highest BCUT2D eigenvalue weighted by atomic mass is 16.5. The number of likely N-dealkylation sites (tertiary alicyclic amines) is 2. The zero-order valence-electron chi connectivity index (χ0n) is 36.1. The maximum Gasteiger partial charge on any atom is 0.407 e. The summed E-state index contributed by atoms with van der Waals surface area (Å²) in [5.41, 5.74) is 6.59. The molecule has 4 N–H and O–H groups in total. The minimum absolute atomic E-state index is 0.0155. The van der Waals surface area contributed by atoms with Crippen LogP contribution in [0.5, 0.6) is 5.75 Å². The van der Waals surface area contributed by atoms with Crippen molar-refractivity contribution < 1.29 is 33.4 Å². The number of aromatic nitrogens is 4. The SMILES string of the molecule is CC[C@H](C)[C@H](NC(=O)OC)C(=O)N1[C@@H](C)CC[C@H]1c1ncc(-c2ccc3c(c2)COc2cc4c(ccc5[nH]c(C6CC[C@H](C)N6C(=O)[C@@H](NC(=O)OC)C(C)C)nc54)cc2-3)[nH]1. The Morgan fingerprint density at radius 1 is 0.820 bits per heavy atom. The van der Waals surface area contributed by atoms with Crippen LogP contribution in [-0.2, 0) is 25.7 Å². The number of rotatable bonds is 10. The second-order valence-electron chi connectivity index (χ2n) is 17.2. The first-order valence-corrected chi connectivity index (χ1v) is 21.4. The third-order valence-electron chi connectivity index (χ3n) is 13.1. The second-order valence-corrected chi connectivity index (χ2v) is 17.2. The maximum atomic E-state index is 14.0. The van der Waals surface area contributed by atoms with Gasteiger partial charge in [-0.25, -0.2) is 19.6 Å². The molecule has 5 aromatic rings. The summed E-state index contributed by atoms with van der Waals surface area (Å²) >= 11 is 0. The van der Waals surface area contributed by atoms with Crippen molar-refractivity contribution in [3.05, 3.63) is 65.9 Å². The number of amides is 4. The van der Waals surface area contributed by atoms with E-state index in [1.165, 1.54) is 14.2 Å². The Morgan fingerprint density at radius 2 is 1.48 bits per heavy atom. The molecule has 0 spiro atoms. The molecule has 7 atom stereocenters. The predicted molar refractivity (Wildman–Crippen MR) is 230 cm³/mol. The summed E-state index contributed by atoms with van der Waals surface area (Å²) < 4.78 is 16.1. The summed E-state index contributed by atoms with van der Waals surface area (Å²) in [6.45, 7) is 12.2. The van der Waals surface area contributed by atoms with Crippen molar-refractivity contribution >= 4 is 45.8 Å². The van der Waals surface area contributed by atoms with E-state index in [2.05, 4.69) is 57.0 Å². The van der Waals surface area contributed by atoms with Crippen LogP contribution in [0.1, 0.15) is 103 Å². The normalized spacial score (nSPS) is 21.1. The first-order chi connectivity index (χ1) is 29.3. The standard InChI is InChI=1S/C46H56N8O7/c1-9-24(4)39(52-46(58)60-8)44(56)53-25(5)10-16-35(53)41-47-21-34(49-41)28-12-14-30-29(18-28)22-61-37-20-31-27(19-32(30)37)13-15-33-40(31)50-42(48-33)36-17-11-26(6)54(36)43(55)38(23(2)3)51-45(57)59-7/h12-15,18-21,23-26,35-36,38-39H,9-11,16-17,22H2,1-8H3,(H,47,49)(H,48,50)(H,51,57)(H,52,58)/t24-,25-,26-,35-,36?,38-,39-/m0/s1. The van der Waals surface area contributed by atoms with Gasteiger partial charge < -0.3 is 44.6 Å². The van der Waals surface area contributed by atoms with Crippen molar-refractivity contribution in [3.8, 4) is 28.1 Å². The van der Waals surface area contributed by atoms with Gasteiger partial charge in [0.1, 0.15) is 36.1 Å². The van der Waals surface area contributed by atoms with Gasteiger partial charge in [-0.05, 0) is 97.7 Å². The summed E-state index contributed by atoms with van der Waals surface area (Å²) in [6, 6.07) is 12.7. The third kappa shape index (κ3) is 7.63. The minimum atomic E-state index is -0.726. The molecule has 4 amide bonds. The number of carbonyl (C=O) groups is 4. The summed E-state index contributed by atoms with van der Waals surface area (Å²) in [5.74, 6) is 1.70. The van der Waals surface area contributed by atoms with Crippen molar-refractivity contribution in [1.82, 2.24) is 40.4 Å². The fourth-order valence-corrected chi connectivity index (χ4v) is 9.42. The number of benzene rings is 3. The summed E-state index contributed by atoms with van der Waals surface area (Å²) in [4.78, 5) is 73.0. The Kier molecular flexibility index (Phi) is 11.4. The Morgan fingerprint density at radius 3 is 2.13 bits per heavy atom. The lowest BCUT2D eigenvalue weighted by molar-refractivity contribution is -0.138. The average molecular weight is 833 g/mol. The molecule has 3 aliphatic rings. The second kappa shape index (κ2) is 16.7. The highest BCUT2D eigenvalue weighted by Gasteiger charge is 2.43. The summed E-state index contributed by atoms with van der Waals surface area (Å²) in [6.07, 6.45) is 4.43. The molecule has 322 valence electrons. The van der Waals surface area contributed by atoms with Crippen LogP contribution in [0, 0.1) is 11.8 Å². The molecule has 2 fully saturated rings. The topological polar surface area (TPSA) is 184 Å². The van der Waals surface area contributed by atoms with E-state index < -0.39 is 24.3 Å². The Labute approximate surface area is 355 Å². The van der Waals surface area contributed by atoms with Crippen molar-refractivity contribution in [2.24, 2.45) is 11.8 Å². The van der Waals surface area contributed by atoms with Gasteiger partial charge in [-0.2, -0.15) is 0 Å². The van der Waals surface area contributed by atoms with Crippen molar-refractivity contribution in [2.45, 2.75) is 117 Å². The lowest BCUT2D eigenvalue weighted by Crippen LogP contribution is -2.53. The summed E-state index contributed by atoms with van der Waals surface area (Å²) in [7, 11) is 2.60. The van der Waals surface area contributed by atoms with Gasteiger partial charge in [-0.15, -0.1) is 0 Å². The molecule has 15 nitrogen and oxygen atoms in total. The average Bonchev–Trinajstić information content (AvgIpc) is 4.08. The number of H-pyrrole nitrogens is 2. The van der Waals surface area contributed by atoms with Crippen molar-refractivity contribution in [1.29, 1.82) is 0 Å². The summed E-state index contributed by atoms with van der Waals surface area (Å²) in [5, 5.41) is 7.48. The number of nitrogens with zero attached hydrogens (tertiary/aromatic N) is 4. The molecule has 0 radical (unpaired) electrons. The molecular formula is C46H56N8O7. The van der Waals surface area contributed by atoms with E-state index >= 15 is 0 Å². The quantitative estimate of drug-likeness (QED) is 0.109. The minimum Gasteiger partial charge on any atom is -0.488 e. The van der Waals surface area contributed by atoms with Gasteiger partial charge >= 0.3 is 12.2 Å². The largest absolute Gasteiger partial charge is 0.488 e. The molecule has 3 aliphatic heterocycles. The van der Waals surface area contributed by atoms with Gasteiger partial charge in [-0.3, -0.25) is 9.59 Å². The van der Waals surface area contributed by atoms with Gasteiger partial charge in [0.05, 0.1) is 49.2 Å². The molecule has 0 bridgehead atoms. The predicted octanol–water partition coefficient (Wildman–Crippen LogP) is 7.92. The zero-order chi connectivity index (χ0) is 43.3. The maximum absolute atomic E-state index is 14.0. The molecular weight excluding hydrogens is 777 g/mol.